The van der Waals surface area contributed by atoms with Crippen molar-refractivity contribution in [2.75, 3.05) is 13.2 Å². The van der Waals surface area contributed by atoms with Crippen molar-refractivity contribution in [3.8, 4) is 0 Å². The molecule has 0 radical (unpaired) electrons. The first-order chi connectivity index (χ1) is 15.1. The molecule has 4 atom stereocenters. The maximum absolute atomic E-state index is 12.9. The van der Waals surface area contributed by atoms with Crippen molar-refractivity contribution in [1.82, 2.24) is 0 Å². The topological polar surface area (TPSA) is 159 Å². The Morgan fingerprint density at radius 2 is 1.44 bits per heavy atom. The third-order valence-electron chi connectivity index (χ3n) is 4.70. The van der Waals surface area contributed by atoms with E-state index >= 15 is 0 Å². The summed E-state index contributed by atoms with van der Waals surface area (Å²) in [5.41, 5.74) is -0.277. The van der Waals surface area contributed by atoms with Crippen molar-refractivity contribution in [3.05, 3.63) is 39.9 Å². The number of hydrogen-bond acceptors (Lipinski definition) is 9. The van der Waals surface area contributed by atoms with E-state index in [0.29, 0.717) is 6.42 Å². The van der Waals surface area contributed by atoms with Crippen molar-refractivity contribution in [3.63, 3.8) is 0 Å². The number of nitro groups is 1. The van der Waals surface area contributed by atoms with E-state index in [1.807, 2.05) is 0 Å². The lowest BCUT2D eigenvalue weighted by Gasteiger charge is -2.29. The van der Waals surface area contributed by atoms with Crippen LogP contribution in [-0.4, -0.2) is 53.2 Å². The minimum atomic E-state index is -1.98. The fraction of sp³-hybridized carbons (Fsp3) is 0.524. The largest absolute Gasteiger partial charge is 0.481 e. The van der Waals surface area contributed by atoms with Crippen molar-refractivity contribution in [2.45, 2.75) is 46.1 Å². The number of esters is 3. The van der Waals surface area contributed by atoms with Gasteiger partial charge in [-0.1, -0.05) is 19.1 Å². The van der Waals surface area contributed by atoms with Gasteiger partial charge in [0.1, 0.15) is 0 Å². The van der Waals surface area contributed by atoms with Crippen LogP contribution in [0.5, 0.6) is 0 Å². The Bertz CT molecular complexity index is 835. The molecule has 0 aliphatic carbocycles. The highest BCUT2D eigenvalue weighted by Crippen LogP contribution is 2.36. The summed E-state index contributed by atoms with van der Waals surface area (Å²) in [6.07, 6.45) is -0.174. The number of nitrogens with zero attached hydrogens (tertiary/aromatic N) is 1. The van der Waals surface area contributed by atoms with Crippen LogP contribution in [0.15, 0.2) is 24.3 Å². The Hall–Kier alpha value is -3.50. The first-order valence-electron chi connectivity index (χ1n) is 10.1. The van der Waals surface area contributed by atoms with Crippen LogP contribution in [0.1, 0.15) is 45.6 Å². The highest BCUT2D eigenvalue weighted by Gasteiger charge is 2.49. The van der Waals surface area contributed by atoms with E-state index in [2.05, 4.69) is 0 Å². The second kappa shape index (κ2) is 12.4. The number of nitro benzene ring substituents is 1. The molecule has 0 fully saturated rings. The summed E-state index contributed by atoms with van der Waals surface area (Å²) < 4.78 is 15.1. The number of rotatable bonds is 12. The number of carbonyl (C=O) groups excluding carboxylic acids is 3. The molecule has 1 N–H and O–H groups in total. The van der Waals surface area contributed by atoms with Crippen LogP contribution < -0.4 is 0 Å². The van der Waals surface area contributed by atoms with E-state index < -0.39 is 52.7 Å². The molecule has 0 heterocycles. The average Bonchev–Trinajstić information content (AvgIpc) is 2.73. The molecule has 11 heteroatoms. The van der Waals surface area contributed by atoms with Gasteiger partial charge in [0.25, 0.3) is 5.69 Å². The maximum atomic E-state index is 12.9. The molecule has 4 unspecified atom stereocenters. The number of carboxylic acid groups (broad SMARTS) is 1. The van der Waals surface area contributed by atoms with E-state index in [9.17, 15) is 34.4 Å². The lowest BCUT2D eigenvalue weighted by molar-refractivity contribution is -0.384. The predicted molar refractivity (Wildman–Crippen MR) is 110 cm³/mol. The summed E-state index contributed by atoms with van der Waals surface area (Å²) in [5.74, 6) is -10.4. The highest BCUT2D eigenvalue weighted by molar-refractivity contribution is 6.01. The van der Waals surface area contributed by atoms with E-state index in [4.69, 9.17) is 14.2 Å². The fourth-order valence-electron chi connectivity index (χ4n) is 3.01. The number of ether oxygens (including phenoxy) is 3. The van der Waals surface area contributed by atoms with Crippen LogP contribution in [0, 0.1) is 22.0 Å². The normalized spacial score (nSPS) is 14.4. The summed E-state index contributed by atoms with van der Waals surface area (Å²) >= 11 is 0. The van der Waals surface area contributed by atoms with Gasteiger partial charge in [0.15, 0.2) is 11.8 Å². The van der Waals surface area contributed by atoms with Gasteiger partial charge < -0.3 is 19.3 Å². The Labute approximate surface area is 184 Å². The third-order valence-corrected chi connectivity index (χ3v) is 4.70. The molecule has 0 aliphatic heterocycles. The first kappa shape index (κ1) is 26.5. The molecule has 1 aromatic rings. The Morgan fingerprint density at radius 1 is 0.938 bits per heavy atom. The van der Waals surface area contributed by atoms with Crippen LogP contribution >= 0.6 is 0 Å². The monoisotopic (exact) mass is 453 g/mol. The molecule has 0 bridgehead atoms. The second-order valence-corrected chi connectivity index (χ2v) is 6.83. The molecule has 11 nitrogen and oxygen atoms in total. The van der Waals surface area contributed by atoms with Gasteiger partial charge in [-0.15, -0.1) is 0 Å². The Balaban J connectivity index is 3.70. The van der Waals surface area contributed by atoms with Gasteiger partial charge in [-0.25, -0.2) is 0 Å². The zero-order chi connectivity index (χ0) is 24.4. The van der Waals surface area contributed by atoms with Gasteiger partial charge >= 0.3 is 23.9 Å². The Morgan fingerprint density at radius 3 is 1.84 bits per heavy atom. The van der Waals surface area contributed by atoms with Gasteiger partial charge in [-0.05, 0) is 32.8 Å². The lowest BCUT2D eigenvalue weighted by Crippen LogP contribution is -2.43. The standard InChI is InChI=1S/C21H27NO10/c1-5-12(4)32-21(27)17(20(26)31-7-3)15(16(18(23)24)19(25)30-6-2)13-8-10-14(11-9-13)22(28)29/h8-12,15-17H,5-7H2,1-4H3,(H,23,24). The van der Waals surface area contributed by atoms with E-state index in [-0.39, 0.29) is 24.5 Å². The van der Waals surface area contributed by atoms with E-state index in [0.717, 1.165) is 12.1 Å². The smallest absolute Gasteiger partial charge is 0.321 e. The fourth-order valence-corrected chi connectivity index (χ4v) is 3.01. The van der Waals surface area contributed by atoms with Crippen LogP contribution in [0.4, 0.5) is 5.69 Å². The zero-order valence-electron chi connectivity index (χ0n) is 18.3. The molecule has 0 spiro atoms. The molecular weight excluding hydrogens is 426 g/mol. The highest BCUT2D eigenvalue weighted by atomic mass is 16.6. The van der Waals surface area contributed by atoms with Gasteiger partial charge in [0, 0.05) is 18.1 Å². The van der Waals surface area contributed by atoms with Crippen LogP contribution in [0.2, 0.25) is 0 Å². The van der Waals surface area contributed by atoms with Gasteiger partial charge in [0.05, 0.1) is 24.2 Å². The number of hydrogen-bond donors (Lipinski definition) is 1. The minimum absolute atomic E-state index is 0.0233. The molecule has 0 amide bonds. The molecule has 1 rings (SSSR count). The lowest BCUT2D eigenvalue weighted by atomic mass is 9.76. The van der Waals surface area contributed by atoms with E-state index in [1.54, 1.807) is 13.8 Å². The van der Waals surface area contributed by atoms with Crippen molar-refractivity contribution in [2.24, 2.45) is 11.8 Å². The quantitative estimate of drug-likeness (QED) is 0.164. The molecule has 1 aromatic carbocycles. The maximum Gasteiger partial charge on any atom is 0.321 e. The number of carbonyl (C=O) groups is 4. The first-order valence-corrected chi connectivity index (χ1v) is 10.1. The SMILES string of the molecule is CCOC(=O)C(C(=O)O)C(c1ccc([N+](=O)[O-])cc1)C(C(=O)OCC)C(=O)OC(C)CC. The second-order valence-electron chi connectivity index (χ2n) is 6.83. The van der Waals surface area contributed by atoms with Crippen molar-refractivity contribution >= 4 is 29.6 Å². The van der Waals surface area contributed by atoms with Crippen LogP contribution in [0.25, 0.3) is 0 Å². The van der Waals surface area contributed by atoms with Crippen molar-refractivity contribution in [1.29, 1.82) is 0 Å². The molecular formula is C21H27NO10. The van der Waals surface area contributed by atoms with Crippen LogP contribution in [-0.2, 0) is 33.4 Å². The summed E-state index contributed by atoms with van der Waals surface area (Å²) in [6.45, 7) is 6.03. The molecule has 176 valence electrons. The molecule has 32 heavy (non-hydrogen) atoms. The molecule has 0 aromatic heterocycles. The minimum Gasteiger partial charge on any atom is -0.481 e. The number of carboxylic acids is 1. The third kappa shape index (κ3) is 6.76. The van der Waals surface area contributed by atoms with Gasteiger partial charge in [0.2, 0.25) is 0 Å². The molecule has 0 aliphatic rings. The van der Waals surface area contributed by atoms with Crippen LogP contribution in [0.3, 0.4) is 0 Å². The van der Waals surface area contributed by atoms with Crippen molar-refractivity contribution < 1.29 is 43.4 Å². The summed E-state index contributed by atoms with van der Waals surface area (Å²) in [5, 5.41) is 20.8. The summed E-state index contributed by atoms with van der Waals surface area (Å²) in [4.78, 5) is 60.7. The summed E-state index contributed by atoms with van der Waals surface area (Å²) in [6, 6.07) is 4.52. The molecule has 0 saturated carbocycles. The Kier molecular flexibility index (Phi) is 10.3. The van der Waals surface area contributed by atoms with E-state index in [1.165, 1.54) is 26.0 Å². The average molecular weight is 453 g/mol. The van der Waals surface area contributed by atoms with Gasteiger partial charge in [-0.2, -0.15) is 0 Å². The number of non-ortho nitro benzene ring substituents is 1. The number of benzene rings is 1. The number of aliphatic carboxylic acids is 1. The van der Waals surface area contributed by atoms with Gasteiger partial charge in [-0.3, -0.25) is 29.3 Å². The zero-order valence-corrected chi connectivity index (χ0v) is 18.3. The molecule has 0 saturated heterocycles. The summed E-state index contributed by atoms with van der Waals surface area (Å²) in [7, 11) is 0. The predicted octanol–water partition coefficient (Wildman–Crippen LogP) is 2.46.